The van der Waals surface area contributed by atoms with Gasteiger partial charge in [-0.3, -0.25) is 4.79 Å². The Morgan fingerprint density at radius 3 is 2.81 bits per heavy atom. The van der Waals surface area contributed by atoms with Gasteiger partial charge in [-0.15, -0.1) is 11.3 Å². The van der Waals surface area contributed by atoms with Gasteiger partial charge in [-0.2, -0.15) is 0 Å². The summed E-state index contributed by atoms with van der Waals surface area (Å²) in [6.45, 7) is 2.00. The fraction of sp³-hybridized carbons (Fsp3) is 0.190. The Hall–Kier alpha value is -2.47. The molecule has 0 radical (unpaired) electrons. The SMILES string of the molecule is O=c1ccoc(-c2cccc3sc4ccccc4c23)c1C1CNCCO1. The summed E-state index contributed by atoms with van der Waals surface area (Å²) >= 11 is 1.75. The van der Waals surface area contributed by atoms with Gasteiger partial charge in [0.25, 0.3) is 0 Å². The van der Waals surface area contributed by atoms with Crippen molar-refractivity contribution in [3.8, 4) is 11.3 Å². The molecule has 4 nitrogen and oxygen atoms in total. The first kappa shape index (κ1) is 15.8. The highest BCUT2D eigenvalue weighted by Crippen LogP contribution is 2.41. The van der Waals surface area contributed by atoms with Crippen molar-refractivity contribution in [2.75, 3.05) is 19.7 Å². The maximum absolute atomic E-state index is 12.7. The van der Waals surface area contributed by atoms with Gasteiger partial charge in [0.15, 0.2) is 5.43 Å². The second-order valence-electron chi connectivity index (χ2n) is 6.37. The van der Waals surface area contributed by atoms with Crippen molar-refractivity contribution in [2.45, 2.75) is 6.10 Å². The van der Waals surface area contributed by atoms with Gasteiger partial charge in [-0.05, 0) is 12.1 Å². The van der Waals surface area contributed by atoms with E-state index in [9.17, 15) is 4.79 Å². The van der Waals surface area contributed by atoms with Gasteiger partial charge in [-0.25, -0.2) is 0 Å². The lowest BCUT2D eigenvalue weighted by Crippen LogP contribution is -2.35. The molecule has 2 aromatic heterocycles. The van der Waals surface area contributed by atoms with Crippen LogP contribution in [0.25, 0.3) is 31.5 Å². The summed E-state index contributed by atoms with van der Waals surface area (Å²) in [6, 6.07) is 16.0. The topological polar surface area (TPSA) is 51.5 Å². The van der Waals surface area contributed by atoms with Gasteiger partial charge in [0.1, 0.15) is 11.9 Å². The molecule has 0 aliphatic carbocycles. The van der Waals surface area contributed by atoms with Gasteiger partial charge in [0.2, 0.25) is 0 Å². The van der Waals surface area contributed by atoms with E-state index in [1.165, 1.54) is 27.1 Å². The lowest BCUT2D eigenvalue weighted by Gasteiger charge is -2.24. The number of thiophene rings is 1. The zero-order valence-electron chi connectivity index (χ0n) is 14.0. The number of nitrogens with one attached hydrogen (secondary N) is 1. The minimum atomic E-state index is -0.295. The predicted molar refractivity (Wildman–Crippen MR) is 105 cm³/mol. The summed E-state index contributed by atoms with van der Waals surface area (Å²) in [4.78, 5) is 12.7. The van der Waals surface area contributed by atoms with E-state index in [1.807, 2.05) is 24.3 Å². The molecule has 130 valence electrons. The summed E-state index contributed by atoms with van der Waals surface area (Å²) in [5.74, 6) is 0.611. The molecule has 1 saturated heterocycles. The Morgan fingerprint density at radius 1 is 1.04 bits per heavy atom. The van der Waals surface area contributed by atoms with Crippen LogP contribution in [0.5, 0.6) is 0 Å². The first-order valence-electron chi connectivity index (χ1n) is 8.67. The third-order valence-electron chi connectivity index (χ3n) is 4.81. The molecular weight excluding hydrogens is 346 g/mol. The van der Waals surface area contributed by atoms with Crippen LogP contribution in [0.15, 0.2) is 64.0 Å². The highest BCUT2D eigenvalue weighted by atomic mass is 32.1. The van der Waals surface area contributed by atoms with E-state index in [0.29, 0.717) is 24.5 Å². The van der Waals surface area contributed by atoms with E-state index in [4.69, 9.17) is 9.15 Å². The lowest BCUT2D eigenvalue weighted by molar-refractivity contribution is 0.0265. The Kier molecular flexibility index (Phi) is 3.85. The van der Waals surface area contributed by atoms with Crippen LogP contribution in [0, 0.1) is 0 Å². The van der Waals surface area contributed by atoms with Crippen LogP contribution < -0.4 is 10.7 Å². The summed E-state index contributed by atoms with van der Waals surface area (Å²) in [5.41, 5.74) is 1.50. The van der Waals surface area contributed by atoms with Crippen LogP contribution in [0.2, 0.25) is 0 Å². The number of fused-ring (bicyclic) bond motifs is 3. The van der Waals surface area contributed by atoms with Crippen molar-refractivity contribution in [3.63, 3.8) is 0 Å². The second-order valence-corrected chi connectivity index (χ2v) is 7.45. The van der Waals surface area contributed by atoms with Crippen LogP contribution in [0.3, 0.4) is 0 Å². The first-order chi connectivity index (χ1) is 12.8. The molecule has 26 heavy (non-hydrogen) atoms. The molecule has 1 unspecified atom stereocenters. The van der Waals surface area contributed by atoms with Crippen molar-refractivity contribution >= 4 is 31.5 Å². The number of morpholine rings is 1. The monoisotopic (exact) mass is 363 g/mol. The quantitative estimate of drug-likeness (QED) is 0.576. The second kappa shape index (κ2) is 6.36. The third kappa shape index (κ3) is 2.48. The maximum Gasteiger partial charge on any atom is 0.191 e. The van der Waals surface area contributed by atoms with E-state index in [2.05, 4.69) is 23.5 Å². The van der Waals surface area contributed by atoms with Crippen LogP contribution in [0.1, 0.15) is 11.7 Å². The largest absolute Gasteiger partial charge is 0.464 e. The molecule has 1 fully saturated rings. The van der Waals surface area contributed by atoms with Crippen molar-refractivity contribution in [1.82, 2.24) is 5.32 Å². The van der Waals surface area contributed by atoms with Gasteiger partial charge >= 0.3 is 0 Å². The third-order valence-corrected chi connectivity index (χ3v) is 5.95. The lowest BCUT2D eigenvalue weighted by atomic mass is 9.98. The fourth-order valence-electron chi connectivity index (χ4n) is 3.66. The maximum atomic E-state index is 12.7. The smallest absolute Gasteiger partial charge is 0.191 e. The molecule has 0 spiro atoms. The molecule has 1 N–H and O–H groups in total. The standard InChI is InChI=1S/C21H17NO3S/c23-15-8-10-25-21(20(15)16-12-22-9-11-24-16)14-5-3-7-18-19(14)13-4-1-2-6-17(13)26-18/h1-8,10,16,22H,9,11-12H2. The molecule has 1 atom stereocenters. The molecule has 3 heterocycles. The van der Waals surface area contributed by atoms with Crippen molar-refractivity contribution in [2.24, 2.45) is 0 Å². The first-order valence-corrected chi connectivity index (χ1v) is 9.49. The molecular formula is C21H17NO3S. The van der Waals surface area contributed by atoms with Crippen molar-refractivity contribution < 1.29 is 9.15 Å². The molecule has 5 rings (SSSR count). The summed E-state index contributed by atoms with van der Waals surface area (Å²) < 4.78 is 14.2. The molecule has 1 aliphatic rings. The zero-order valence-corrected chi connectivity index (χ0v) is 14.8. The average molecular weight is 363 g/mol. The molecule has 2 aromatic carbocycles. The molecule has 0 amide bonds. The van der Waals surface area contributed by atoms with E-state index in [0.717, 1.165) is 17.5 Å². The normalized spacial score (nSPS) is 17.8. The molecule has 1 aliphatic heterocycles. The van der Waals surface area contributed by atoms with Crippen molar-refractivity contribution in [1.29, 1.82) is 0 Å². The van der Waals surface area contributed by atoms with Crippen LogP contribution in [-0.4, -0.2) is 19.7 Å². The van der Waals surface area contributed by atoms with Crippen LogP contribution in [0.4, 0.5) is 0 Å². The van der Waals surface area contributed by atoms with Gasteiger partial charge in [0.05, 0.1) is 18.4 Å². The van der Waals surface area contributed by atoms with Crippen molar-refractivity contribution in [3.05, 3.63) is 70.6 Å². The fourth-order valence-corrected chi connectivity index (χ4v) is 4.79. The Morgan fingerprint density at radius 2 is 1.92 bits per heavy atom. The molecule has 0 bridgehead atoms. The number of ether oxygens (including phenoxy) is 1. The Balaban J connectivity index is 1.81. The molecule has 5 heteroatoms. The van der Waals surface area contributed by atoms with Gasteiger partial charge < -0.3 is 14.5 Å². The highest BCUT2D eigenvalue weighted by molar-refractivity contribution is 7.25. The Bertz CT molecular complexity index is 1150. The highest BCUT2D eigenvalue weighted by Gasteiger charge is 2.25. The molecule has 4 aromatic rings. The van der Waals surface area contributed by atoms with E-state index in [1.54, 1.807) is 11.3 Å². The zero-order chi connectivity index (χ0) is 17.5. The summed E-state index contributed by atoms with van der Waals surface area (Å²) in [7, 11) is 0. The predicted octanol–water partition coefficient (Wildman–Crippen LogP) is 4.34. The van der Waals surface area contributed by atoms with E-state index >= 15 is 0 Å². The Labute approximate surface area is 154 Å². The summed E-state index contributed by atoms with van der Waals surface area (Å²) in [6.07, 6.45) is 1.18. The minimum Gasteiger partial charge on any atom is -0.464 e. The van der Waals surface area contributed by atoms with Gasteiger partial charge in [0, 0.05) is 44.9 Å². The molecule has 0 saturated carbocycles. The number of hydrogen-bond acceptors (Lipinski definition) is 5. The van der Waals surface area contributed by atoms with Crippen LogP contribution >= 0.6 is 11.3 Å². The van der Waals surface area contributed by atoms with Crippen LogP contribution in [-0.2, 0) is 4.74 Å². The number of rotatable bonds is 2. The van der Waals surface area contributed by atoms with E-state index in [-0.39, 0.29) is 11.5 Å². The summed E-state index contributed by atoms with van der Waals surface area (Å²) in [5, 5.41) is 5.61. The van der Waals surface area contributed by atoms with Gasteiger partial charge in [-0.1, -0.05) is 30.3 Å². The number of benzene rings is 2. The van der Waals surface area contributed by atoms with E-state index < -0.39 is 0 Å². The number of hydrogen-bond donors (Lipinski definition) is 1. The average Bonchev–Trinajstić information content (AvgIpc) is 3.07. The minimum absolute atomic E-state index is 0.0449.